The first-order valence-corrected chi connectivity index (χ1v) is 7.21. The molecule has 19 heavy (non-hydrogen) atoms. The molecule has 1 amide bonds. The van der Waals surface area contributed by atoms with E-state index >= 15 is 0 Å². The first-order valence-electron chi connectivity index (χ1n) is 6.41. The van der Waals surface area contributed by atoms with E-state index in [-0.39, 0.29) is 17.7 Å². The second kappa shape index (κ2) is 5.92. The molecule has 1 N–H and O–H groups in total. The molecule has 1 aromatic carbocycles. The number of phenolic OH excluding ortho intramolecular Hbond substituents is 1. The van der Waals surface area contributed by atoms with Crippen LogP contribution in [0.4, 0.5) is 0 Å². The number of hydrogen-bond donors (Lipinski definition) is 1. The molecule has 5 heteroatoms. The average molecular weight is 327 g/mol. The van der Waals surface area contributed by atoms with Crippen LogP contribution in [0.5, 0.6) is 5.75 Å². The summed E-state index contributed by atoms with van der Waals surface area (Å²) in [5.74, 6) is 0.418. The molecule has 0 spiro atoms. The Labute approximate surface area is 122 Å². The maximum Gasteiger partial charge on any atom is 0.239 e. The molecule has 0 aliphatic carbocycles. The molecule has 1 aliphatic heterocycles. The quantitative estimate of drug-likeness (QED) is 0.926. The van der Waals surface area contributed by atoms with Gasteiger partial charge in [0.2, 0.25) is 5.91 Å². The van der Waals surface area contributed by atoms with Crippen molar-refractivity contribution in [2.24, 2.45) is 0 Å². The lowest BCUT2D eigenvalue weighted by molar-refractivity contribution is -0.133. The SMILES string of the molecule is CN(C)C(=O)[C@@H]1CCCN1Cc1cc(O)ccc1Br. The number of likely N-dealkylation sites (N-methyl/N-ethyl adjacent to an activating group) is 1. The molecule has 0 radical (unpaired) electrons. The Morgan fingerprint density at radius 2 is 2.26 bits per heavy atom. The number of nitrogens with zero attached hydrogens (tertiary/aromatic N) is 2. The molecule has 0 saturated carbocycles. The predicted molar refractivity (Wildman–Crippen MR) is 77.9 cm³/mol. The van der Waals surface area contributed by atoms with E-state index in [1.54, 1.807) is 31.1 Å². The molecule has 0 unspecified atom stereocenters. The number of hydrogen-bond acceptors (Lipinski definition) is 3. The lowest BCUT2D eigenvalue weighted by atomic mass is 10.1. The number of aromatic hydroxyl groups is 1. The second-order valence-corrected chi connectivity index (χ2v) is 5.99. The Bertz CT molecular complexity index is 477. The van der Waals surface area contributed by atoms with E-state index in [2.05, 4.69) is 20.8 Å². The summed E-state index contributed by atoms with van der Waals surface area (Å²) in [4.78, 5) is 16.0. The van der Waals surface area contributed by atoms with E-state index in [1.165, 1.54) is 0 Å². The molecule has 104 valence electrons. The van der Waals surface area contributed by atoms with Gasteiger partial charge in [-0.25, -0.2) is 0 Å². The number of phenols is 1. The first kappa shape index (κ1) is 14.3. The Morgan fingerprint density at radius 3 is 2.95 bits per heavy atom. The standard InChI is InChI=1S/C14H19BrN2O2/c1-16(2)14(19)13-4-3-7-17(13)9-10-8-11(18)5-6-12(10)15/h5-6,8,13,18H,3-4,7,9H2,1-2H3/t13-/m0/s1. The number of likely N-dealkylation sites (tertiary alicyclic amines) is 1. The molecule has 1 saturated heterocycles. The summed E-state index contributed by atoms with van der Waals surface area (Å²) in [5, 5.41) is 9.56. The largest absolute Gasteiger partial charge is 0.508 e. The summed E-state index contributed by atoms with van der Waals surface area (Å²) in [5.41, 5.74) is 1.01. The van der Waals surface area contributed by atoms with Crippen molar-refractivity contribution in [1.82, 2.24) is 9.80 Å². The minimum absolute atomic E-state index is 0.0377. The topological polar surface area (TPSA) is 43.8 Å². The van der Waals surface area contributed by atoms with Gasteiger partial charge in [-0.3, -0.25) is 9.69 Å². The summed E-state index contributed by atoms with van der Waals surface area (Å²) in [6, 6.07) is 5.20. The highest BCUT2D eigenvalue weighted by atomic mass is 79.9. The van der Waals surface area contributed by atoms with Crippen molar-refractivity contribution in [2.75, 3.05) is 20.6 Å². The van der Waals surface area contributed by atoms with Crippen LogP contribution in [0.3, 0.4) is 0 Å². The van der Waals surface area contributed by atoms with Crippen LogP contribution in [0, 0.1) is 0 Å². The summed E-state index contributed by atoms with van der Waals surface area (Å²) >= 11 is 3.49. The van der Waals surface area contributed by atoms with Crippen LogP contribution in [0.25, 0.3) is 0 Å². The summed E-state index contributed by atoms with van der Waals surface area (Å²) in [7, 11) is 3.59. The van der Waals surface area contributed by atoms with Gasteiger partial charge in [0, 0.05) is 25.1 Å². The van der Waals surface area contributed by atoms with Crippen LogP contribution in [0.1, 0.15) is 18.4 Å². The third kappa shape index (κ3) is 3.28. The van der Waals surface area contributed by atoms with Gasteiger partial charge in [0.05, 0.1) is 6.04 Å². The molecule has 0 bridgehead atoms. The maximum atomic E-state index is 12.1. The highest BCUT2D eigenvalue weighted by Gasteiger charge is 2.31. The fourth-order valence-corrected chi connectivity index (χ4v) is 2.87. The molecule has 2 rings (SSSR count). The average Bonchev–Trinajstić information content (AvgIpc) is 2.81. The zero-order valence-electron chi connectivity index (χ0n) is 11.3. The minimum Gasteiger partial charge on any atom is -0.508 e. The van der Waals surface area contributed by atoms with E-state index in [4.69, 9.17) is 0 Å². The fourth-order valence-electron chi connectivity index (χ4n) is 2.49. The third-order valence-corrected chi connectivity index (χ3v) is 4.27. The lowest BCUT2D eigenvalue weighted by Gasteiger charge is -2.26. The van der Waals surface area contributed by atoms with Gasteiger partial charge >= 0.3 is 0 Å². The van der Waals surface area contributed by atoms with Crippen LogP contribution < -0.4 is 0 Å². The van der Waals surface area contributed by atoms with Crippen LogP contribution in [0.15, 0.2) is 22.7 Å². The van der Waals surface area contributed by atoms with Gasteiger partial charge in [-0.05, 0) is 43.1 Å². The second-order valence-electron chi connectivity index (χ2n) is 5.14. The Kier molecular flexibility index (Phi) is 4.47. The van der Waals surface area contributed by atoms with Crippen molar-refractivity contribution in [3.8, 4) is 5.75 Å². The van der Waals surface area contributed by atoms with Gasteiger partial charge < -0.3 is 10.0 Å². The predicted octanol–water partition coefficient (Wildman–Crippen LogP) is 2.21. The number of amides is 1. The van der Waals surface area contributed by atoms with Crippen LogP contribution >= 0.6 is 15.9 Å². The zero-order valence-corrected chi connectivity index (χ0v) is 12.9. The molecular formula is C14H19BrN2O2. The zero-order chi connectivity index (χ0) is 14.0. The number of carbonyl (C=O) groups excluding carboxylic acids is 1. The molecule has 1 aliphatic rings. The van der Waals surface area contributed by atoms with Crippen molar-refractivity contribution in [2.45, 2.75) is 25.4 Å². The minimum atomic E-state index is -0.0377. The summed E-state index contributed by atoms with van der Waals surface area (Å²) in [6.07, 6.45) is 1.95. The molecule has 1 aromatic rings. The van der Waals surface area contributed by atoms with Gasteiger partial charge in [-0.15, -0.1) is 0 Å². The van der Waals surface area contributed by atoms with Crippen LogP contribution in [-0.4, -0.2) is 47.5 Å². The number of benzene rings is 1. The fraction of sp³-hybridized carbons (Fsp3) is 0.500. The van der Waals surface area contributed by atoms with Gasteiger partial charge in [-0.2, -0.15) is 0 Å². The van der Waals surface area contributed by atoms with E-state index in [0.717, 1.165) is 29.4 Å². The Balaban J connectivity index is 2.13. The Hall–Kier alpha value is -1.07. The van der Waals surface area contributed by atoms with Crippen molar-refractivity contribution < 1.29 is 9.90 Å². The van der Waals surface area contributed by atoms with Gasteiger partial charge in [0.1, 0.15) is 5.75 Å². The van der Waals surface area contributed by atoms with E-state index < -0.39 is 0 Å². The molecule has 0 aromatic heterocycles. The molecule has 4 nitrogen and oxygen atoms in total. The lowest BCUT2D eigenvalue weighted by Crippen LogP contribution is -2.42. The summed E-state index contributed by atoms with van der Waals surface area (Å²) in [6.45, 7) is 1.60. The molecule has 1 atom stereocenters. The van der Waals surface area contributed by atoms with Crippen molar-refractivity contribution >= 4 is 21.8 Å². The number of rotatable bonds is 3. The van der Waals surface area contributed by atoms with Crippen molar-refractivity contribution in [1.29, 1.82) is 0 Å². The third-order valence-electron chi connectivity index (χ3n) is 3.49. The van der Waals surface area contributed by atoms with Gasteiger partial charge in [0.15, 0.2) is 0 Å². The molecule has 1 fully saturated rings. The molecular weight excluding hydrogens is 308 g/mol. The Morgan fingerprint density at radius 1 is 1.53 bits per heavy atom. The van der Waals surface area contributed by atoms with E-state index in [9.17, 15) is 9.90 Å². The smallest absolute Gasteiger partial charge is 0.239 e. The summed E-state index contributed by atoms with van der Waals surface area (Å²) < 4.78 is 0.966. The van der Waals surface area contributed by atoms with Crippen molar-refractivity contribution in [3.05, 3.63) is 28.2 Å². The molecule has 1 heterocycles. The number of carbonyl (C=O) groups is 1. The first-order chi connectivity index (χ1) is 8.99. The van der Waals surface area contributed by atoms with E-state index in [1.807, 2.05) is 6.07 Å². The van der Waals surface area contributed by atoms with Crippen LogP contribution in [0.2, 0.25) is 0 Å². The monoisotopic (exact) mass is 326 g/mol. The van der Waals surface area contributed by atoms with Gasteiger partial charge in [-0.1, -0.05) is 15.9 Å². The van der Waals surface area contributed by atoms with Crippen molar-refractivity contribution in [3.63, 3.8) is 0 Å². The highest BCUT2D eigenvalue weighted by molar-refractivity contribution is 9.10. The maximum absolute atomic E-state index is 12.1. The van der Waals surface area contributed by atoms with E-state index in [0.29, 0.717) is 6.54 Å². The normalized spacial score (nSPS) is 19.6. The number of halogens is 1. The highest BCUT2D eigenvalue weighted by Crippen LogP contribution is 2.27. The van der Waals surface area contributed by atoms with Gasteiger partial charge in [0.25, 0.3) is 0 Å². The van der Waals surface area contributed by atoms with Crippen LogP contribution in [-0.2, 0) is 11.3 Å².